The molecule has 2 heterocycles. The molecule has 3 aromatic rings. The van der Waals surface area contributed by atoms with Gasteiger partial charge >= 0.3 is 5.91 Å². The molecule has 1 aliphatic heterocycles. The molecule has 1 atom stereocenters. The number of benzene rings is 2. The Morgan fingerprint density at radius 2 is 1.94 bits per heavy atom. The smallest absolute Gasteiger partial charge is 0.310 e. The normalized spacial score (nSPS) is 16.1. The summed E-state index contributed by atoms with van der Waals surface area (Å²) in [5.41, 5.74) is 2.95. The number of nitroso groups, excluding NO2 is 1. The Morgan fingerprint density at radius 3 is 2.58 bits per heavy atom. The summed E-state index contributed by atoms with van der Waals surface area (Å²) in [6.07, 6.45) is 2.90. The van der Waals surface area contributed by atoms with Crippen molar-refractivity contribution in [3.8, 4) is 0 Å². The molecular formula is C21H19N4O5S+. The molecule has 31 heavy (non-hydrogen) atoms. The van der Waals surface area contributed by atoms with Gasteiger partial charge in [0.1, 0.15) is 0 Å². The second kappa shape index (κ2) is 8.15. The van der Waals surface area contributed by atoms with Gasteiger partial charge < -0.3 is 4.42 Å². The Kier molecular flexibility index (Phi) is 5.38. The predicted molar refractivity (Wildman–Crippen MR) is 114 cm³/mol. The third-order valence-electron chi connectivity index (χ3n) is 4.76. The van der Waals surface area contributed by atoms with Gasteiger partial charge in [0.25, 0.3) is 5.69 Å². The van der Waals surface area contributed by atoms with E-state index in [1.54, 1.807) is 54.6 Å². The van der Waals surface area contributed by atoms with Gasteiger partial charge in [-0.2, -0.15) is 5.10 Å². The summed E-state index contributed by atoms with van der Waals surface area (Å²) in [6.45, 7) is 0. The fourth-order valence-electron chi connectivity index (χ4n) is 3.40. The molecule has 2 N–H and O–H groups in total. The summed E-state index contributed by atoms with van der Waals surface area (Å²) in [5.74, 6) is -0.248. The van der Waals surface area contributed by atoms with Crippen LogP contribution in [0, 0.1) is 4.91 Å². The van der Waals surface area contributed by atoms with E-state index in [1.165, 1.54) is 11.3 Å². The molecule has 1 aliphatic rings. The fourth-order valence-corrected chi connectivity index (χ4v) is 3.96. The lowest BCUT2D eigenvalue weighted by atomic mass is 9.98. The third kappa shape index (κ3) is 4.53. The maximum absolute atomic E-state index is 13.0. The van der Waals surface area contributed by atoms with Gasteiger partial charge in [-0.25, -0.2) is 13.4 Å². The lowest BCUT2D eigenvalue weighted by Gasteiger charge is -2.20. The van der Waals surface area contributed by atoms with Crippen LogP contribution in [0.15, 0.2) is 76.4 Å². The van der Waals surface area contributed by atoms with E-state index in [2.05, 4.69) is 9.82 Å². The minimum absolute atomic E-state index is 0.154. The van der Waals surface area contributed by atoms with E-state index in [0.717, 1.165) is 17.4 Å². The van der Waals surface area contributed by atoms with E-state index in [9.17, 15) is 18.1 Å². The fraction of sp³-hybridized carbons (Fsp3) is 0.143. The molecule has 1 aromatic heterocycles. The van der Waals surface area contributed by atoms with Crippen LogP contribution in [0.25, 0.3) is 0 Å². The number of hydrogen-bond acceptors (Lipinski definition) is 6. The zero-order chi connectivity index (χ0) is 22.0. The van der Waals surface area contributed by atoms with Gasteiger partial charge in [0, 0.05) is 34.3 Å². The van der Waals surface area contributed by atoms with Crippen LogP contribution in [-0.4, -0.2) is 31.3 Å². The minimum atomic E-state index is -3.38. The van der Waals surface area contributed by atoms with Crippen molar-refractivity contribution in [3.05, 3.63) is 88.7 Å². The quantitative estimate of drug-likeness (QED) is 0.609. The van der Waals surface area contributed by atoms with Gasteiger partial charge in [-0.15, -0.1) is 0 Å². The van der Waals surface area contributed by atoms with Crippen LogP contribution in [0.3, 0.4) is 0 Å². The average molecular weight is 439 g/mol. The van der Waals surface area contributed by atoms with E-state index in [-0.39, 0.29) is 5.76 Å². The van der Waals surface area contributed by atoms with Crippen LogP contribution in [-0.2, 0) is 10.0 Å². The summed E-state index contributed by atoms with van der Waals surface area (Å²) < 4.78 is 30.5. The lowest BCUT2D eigenvalue weighted by molar-refractivity contribution is -0.379. The number of amides is 1. The van der Waals surface area contributed by atoms with E-state index < -0.39 is 22.0 Å². The largest absolute Gasteiger partial charge is 0.459 e. The van der Waals surface area contributed by atoms with E-state index in [0.29, 0.717) is 23.5 Å². The molecule has 2 aromatic carbocycles. The molecule has 0 saturated carbocycles. The van der Waals surface area contributed by atoms with Crippen LogP contribution >= 0.6 is 0 Å². The number of nitrogens with zero attached hydrogens (tertiary/aromatic N) is 2. The standard InChI is InChI=1S/C21H18N4O5S/c1-31(28,29)24-16-9-7-14(8-10-16)18-13-19(15-4-2-5-17(12-15)23-27)25(22-18)21(26)20-6-3-11-30-20/h2-12,19,24H,13H2,1H3/p+1. The van der Waals surface area contributed by atoms with Crippen molar-refractivity contribution < 1.29 is 22.8 Å². The van der Waals surface area contributed by atoms with Crippen molar-refractivity contribution in [2.45, 2.75) is 12.5 Å². The van der Waals surface area contributed by atoms with Gasteiger partial charge in [-0.3, -0.25) is 9.52 Å². The van der Waals surface area contributed by atoms with Crippen molar-refractivity contribution >= 4 is 33.0 Å². The molecule has 0 radical (unpaired) electrons. The first kappa shape index (κ1) is 20.5. The van der Waals surface area contributed by atoms with Gasteiger partial charge in [0.2, 0.25) is 10.0 Å². The van der Waals surface area contributed by atoms with E-state index in [1.807, 2.05) is 11.2 Å². The van der Waals surface area contributed by atoms with Crippen molar-refractivity contribution in [2.75, 3.05) is 11.0 Å². The van der Waals surface area contributed by atoms with Gasteiger partial charge in [0.05, 0.1) is 24.3 Å². The monoisotopic (exact) mass is 439 g/mol. The Balaban J connectivity index is 1.68. The predicted octanol–water partition coefficient (Wildman–Crippen LogP) is 2.12. The van der Waals surface area contributed by atoms with Gasteiger partial charge in [-0.05, 0) is 35.4 Å². The molecule has 1 unspecified atom stereocenters. The van der Waals surface area contributed by atoms with Crippen LogP contribution in [0.4, 0.5) is 11.4 Å². The highest BCUT2D eigenvalue weighted by Gasteiger charge is 2.35. The number of anilines is 1. The van der Waals surface area contributed by atoms with E-state index >= 15 is 0 Å². The summed E-state index contributed by atoms with van der Waals surface area (Å²) in [4.78, 5) is 24.1. The second-order valence-corrected chi connectivity index (χ2v) is 8.82. The number of nitrogens with one attached hydrogen (secondary N) is 2. The van der Waals surface area contributed by atoms with Crippen LogP contribution in [0.2, 0.25) is 0 Å². The highest BCUT2D eigenvalue weighted by Crippen LogP contribution is 2.34. The topological polar surface area (TPSA) is 123 Å². The second-order valence-electron chi connectivity index (χ2n) is 7.07. The molecule has 0 saturated heterocycles. The van der Waals surface area contributed by atoms with Crippen molar-refractivity contribution in [1.82, 2.24) is 5.01 Å². The number of furan rings is 1. The summed E-state index contributed by atoms with van der Waals surface area (Å²) >= 11 is 0. The number of carbonyl (C=O) groups is 1. The number of rotatable bonds is 6. The van der Waals surface area contributed by atoms with Crippen LogP contribution in [0.5, 0.6) is 0 Å². The van der Waals surface area contributed by atoms with Crippen molar-refractivity contribution in [1.29, 1.82) is 0 Å². The Labute approximate surface area is 178 Å². The summed E-state index contributed by atoms with van der Waals surface area (Å²) in [5, 5.41) is 7.75. The molecule has 0 bridgehead atoms. The molecule has 9 nitrogen and oxygen atoms in total. The van der Waals surface area contributed by atoms with Gasteiger partial charge in [0.15, 0.2) is 5.76 Å². The van der Waals surface area contributed by atoms with E-state index in [4.69, 9.17) is 4.42 Å². The maximum atomic E-state index is 13.0. The third-order valence-corrected chi connectivity index (χ3v) is 5.37. The molecule has 158 valence electrons. The molecule has 0 aliphatic carbocycles. The van der Waals surface area contributed by atoms with Crippen LogP contribution in [0.1, 0.15) is 34.1 Å². The summed E-state index contributed by atoms with van der Waals surface area (Å²) in [6, 6.07) is 16.4. The Hall–Kier alpha value is -3.79. The molecule has 0 fully saturated rings. The molecule has 4 rings (SSSR count). The summed E-state index contributed by atoms with van der Waals surface area (Å²) in [7, 11) is -3.38. The maximum Gasteiger partial charge on any atom is 0.310 e. The lowest BCUT2D eigenvalue weighted by Crippen LogP contribution is -2.55. The number of carbonyl (C=O) groups excluding carboxylic acids is 1. The highest BCUT2D eigenvalue weighted by molar-refractivity contribution is 7.92. The van der Waals surface area contributed by atoms with Gasteiger partial charge in [-0.1, -0.05) is 24.3 Å². The number of hydrogen-bond donors (Lipinski definition) is 2. The average Bonchev–Trinajstić information content (AvgIpc) is 3.43. The number of hydrazone groups is 1. The minimum Gasteiger partial charge on any atom is -0.459 e. The Bertz CT molecular complexity index is 1250. The SMILES string of the molecule is CS(=O)(=O)Nc1ccc(C2=NN(C(=O)c3ccco3)C(c3cccc([NH+]=O)c3)C2)cc1. The molecule has 10 heteroatoms. The molecule has 1 amide bonds. The zero-order valence-electron chi connectivity index (χ0n) is 16.5. The molecule has 0 spiro atoms. The first-order chi connectivity index (χ1) is 14.8. The highest BCUT2D eigenvalue weighted by atomic mass is 32.2. The van der Waals surface area contributed by atoms with Crippen molar-refractivity contribution in [2.24, 2.45) is 5.10 Å². The first-order valence-corrected chi connectivity index (χ1v) is 11.2. The van der Waals surface area contributed by atoms with Crippen molar-refractivity contribution in [3.63, 3.8) is 0 Å². The number of sulfonamides is 1. The molecular weight excluding hydrogens is 420 g/mol. The zero-order valence-corrected chi connectivity index (χ0v) is 17.3. The van der Waals surface area contributed by atoms with Crippen LogP contribution < -0.4 is 9.90 Å². The first-order valence-electron chi connectivity index (χ1n) is 9.35. The Morgan fingerprint density at radius 1 is 1.16 bits per heavy atom.